The molecule has 2 aliphatic rings. The second-order valence-corrected chi connectivity index (χ2v) is 5.91. The molecule has 0 radical (unpaired) electrons. The van der Waals surface area contributed by atoms with Crippen molar-refractivity contribution < 1.29 is 14.3 Å². The number of nitrogens with zero attached hydrogens (tertiary/aromatic N) is 1. The third kappa shape index (κ3) is 2.39. The summed E-state index contributed by atoms with van der Waals surface area (Å²) in [6.45, 7) is 0.882. The predicted octanol–water partition coefficient (Wildman–Crippen LogP) is 3.68. The molecule has 0 spiro atoms. The lowest BCUT2D eigenvalue weighted by Crippen LogP contribution is -2.47. The zero-order valence-electron chi connectivity index (χ0n) is 11.5. The molecule has 3 nitrogen and oxygen atoms in total. The first-order chi connectivity index (χ1) is 9.66. The topological polar surface area (TPSA) is 40.5 Å². The Morgan fingerprint density at radius 3 is 2.75 bits per heavy atom. The molecule has 2 unspecified atom stereocenters. The smallest absolute Gasteiger partial charge is 0.337 e. The number of fused-ring (bicyclic) bond motifs is 1. The third-order valence-electron chi connectivity index (χ3n) is 4.74. The molecule has 2 atom stereocenters. The van der Waals surface area contributed by atoms with Gasteiger partial charge in [-0.3, -0.25) is 0 Å². The number of carboxylic acids is 1. The van der Waals surface area contributed by atoms with E-state index in [4.69, 9.17) is 0 Å². The predicted molar refractivity (Wildman–Crippen MR) is 75.7 cm³/mol. The van der Waals surface area contributed by atoms with Crippen LogP contribution in [0.2, 0.25) is 0 Å². The molecule has 1 aromatic carbocycles. The molecule has 4 heteroatoms. The highest BCUT2D eigenvalue weighted by atomic mass is 19.1. The van der Waals surface area contributed by atoms with E-state index in [-0.39, 0.29) is 5.56 Å². The summed E-state index contributed by atoms with van der Waals surface area (Å²) in [6, 6.07) is 4.58. The SMILES string of the molecule is O=C(O)c1cc(F)ccc1N1CCCC2CCCCC21. The van der Waals surface area contributed by atoms with E-state index >= 15 is 0 Å². The molecule has 2 fully saturated rings. The van der Waals surface area contributed by atoms with Crippen LogP contribution in [0.3, 0.4) is 0 Å². The molecule has 1 heterocycles. The highest BCUT2D eigenvalue weighted by Crippen LogP contribution is 2.38. The van der Waals surface area contributed by atoms with Crippen LogP contribution in [-0.4, -0.2) is 23.7 Å². The Kier molecular flexibility index (Phi) is 3.64. The van der Waals surface area contributed by atoms with Crippen molar-refractivity contribution in [3.05, 3.63) is 29.6 Å². The van der Waals surface area contributed by atoms with E-state index < -0.39 is 11.8 Å². The van der Waals surface area contributed by atoms with Gasteiger partial charge in [-0.15, -0.1) is 0 Å². The van der Waals surface area contributed by atoms with E-state index in [0.717, 1.165) is 25.5 Å². The van der Waals surface area contributed by atoms with Gasteiger partial charge in [-0.1, -0.05) is 12.8 Å². The van der Waals surface area contributed by atoms with E-state index in [1.165, 1.54) is 31.7 Å². The minimum Gasteiger partial charge on any atom is -0.478 e. The molecule has 3 rings (SSSR count). The lowest BCUT2D eigenvalue weighted by atomic mass is 9.78. The van der Waals surface area contributed by atoms with Crippen LogP contribution < -0.4 is 4.90 Å². The Bertz CT molecular complexity index is 515. The van der Waals surface area contributed by atoms with Crippen molar-refractivity contribution in [2.45, 2.75) is 44.6 Å². The van der Waals surface area contributed by atoms with Crippen LogP contribution in [0.4, 0.5) is 10.1 Å². The maximum Gasteiger partial charge on any atom is 0.337 e. The molecule has 1 N–H and O–H groups in total. The molecule has 1 aromatic rings. The van der Waals surface area contributed by atoms with Crippen LogP contribution in [0.1, 0.15) is 48.9 Å². The number of hydrogen-bond donors (Lipinski definition) is 1. The molecule has 108 valence electrons. The number of hydrogen-bond acceptors (Lipinski definition) is 2. The first kappa shape index (κ1) is 13.4. The van der Waals surface area contributed by atoms with E-state index in [2.05, 4.69) is 4.90 Å². The largest absolute Gasteiger partial charge is 0.478 e. The minimum absolute atomic E-state index is 0.0937. The number of aromatic carboxylic acids is 1. The number of benzene rings is 1. The summed E-state index contributed by atoms with van der Waals surface area (Å²) in [5.74, 6) is -0.856. The van der Waals surface area contributed by atoms with E-state index in [1.54, 1.807) is 6.07 Å². The number of carboxylic acid groups (broad SMARTS) is 1. The van der Waals surface area contributed by atoms with Gasteiger partial charge in [0.15, 0.2) is 0 Å². The molecule has 0 bridgehead atoms. The van der Waals surface area contributed by atoms with Gasteiger partial charge in [-0.2, -0.15) is 0 Å². The minimum atomic E-state index is -1.04. The Balaban J connectivity index is 1.96. The van der Waals surface area contributed by atoms with Crippen LogP contribution in [0.5, 0.6) is 0 Å². The molecule has 1 aliphatic heterocycles. The third-order valence-corrected chi connectivity index (χ3v) is 4.74. The number of carbonyl (C=O) groups is 1. The van der Waals surface area contributed by atoms with Gasteiger partial charge in [0.05, 0.1) is 11.3 Å². The van der Waals surface area contributed by atoms with Crippen molar-refractivity contribution in [3.63, 3.8) is 0 Å². The number of anilines is 1. The Morgan fingerprint density at radius 2 is 1.95 bits per heavy atom. The van der Waals surface area contributed by atoms with Gasteiger partial charge in [0.25, 0.3) is 0 Å². The van der Waals surface area contributed by atoms with Crippen LogP contribution in [-0.2, 0) is 0 Å². The Morgan fingerprint density at radius 1 is 1.20 bits per heavy atom. The summed E-state index contributed by atoms with van der Waals surface area (Å²) in [6.07, 6.45) is 7.19. The first-order valence-electron chi connectivity index (χ1n) is 7.46. The molecule has 0 amide bonds. The second kappa shape index (κ2) is 5.43. The molecule has 1 saturated heterocycles. The van der Waals surface area contributed by atoms with Crippen LogP contribution >= 0.6 is 0 Å². The van der Waals surface area contributed by atoms with Crippen molar-refractivity contribution in [1.29, 1.82) is 0 Å². The summed E-state index contributed by atoms with van der Waals surface area (Å²) in [7, 11) is 0. The van der Waals surface area contributed by atoms with Gasteiger partial charge < -0.3 is 10.0 Å². The van der Waals surface area contributed by atoms with Gasteiger partial charge in [-0.05, 0) is 49.8 Å². The van der Waals surface area contributed by atoms with Crippen molar-refractivity contribution in [3.8, 4) is 0 Å². The van der Waals surface area contributed by atoms with Crippen molar-refractivity contribution >= 4 is 11.7 Å². The monoisotopic (exact) mass is 277 g/mol. The van der Waals surface area contributed by atoms with Crippen LogP contribution in [0, 0.1) is 11.7 Å². The average Bonchev–Trinajstić information content (AvgIpc) is 2.46. The summed E-state index contributed by atoms with van der Waals surface area (Å²) < 4.78 is 13.3. The zero-order valence-corrected chi connectivity index (χ0v) is 11.5. The molecule has 0 aromatic heterocycles. The van der Waals surface area contributed by atoms with E-state index in [9.17, 15) is 14.3 Å². The van der Waals surface area contributed by atoms with E-state index in [0.29, 0.717) is 17.6 Å². The molecule has 20 heavy (non-hydrogen) atoms. The van der Waals surface area contributed by atoms with E-state index in [1.807, 2.05) is 0 Å². The quantitative estimate of drug-likeness (QED) is 0.896. The fraction of sp³-hybridized carbons (Fsp3) is 0.562. The fourth-order valence-corrected chi connectivity index (χ4v) is 3.85. The molecule has 1 saturated carbocycles. The summed E-state index contributed by atoms with van der Waals surface area (Å²) >= 11 is 0. The van der Waals surface area contributed by atoms with Gasteiger partial charge >= 0.3 is 5.97 Å². The summed E-state index contributed by atoms with van der Waals surface area (Å²) in [4.78, 5) is 13.6. The highest BCUT2D eigenvalue weighted by Gasteiger charge is 2.34. The Labute approximate surface area is 118 Å². The lowest BCUT2D eigenvalue weighted by molar-refractivity contribution is 0.0696. The standard InChI is InChI=1S/C16H20FNO2/c17-12-7-8-15(13(10-12)16(19)20)18-9-3-5-11-4-1-2-6-14(11)18/h7-8,10-11,14H,1-6,9H2,(H,19,20). The number of halogens is 1. The van der Waals surface area contributed by atoms with Gasteiger partial charge in [0.1, 0.15) is 5.82 Å². The van der Waals surface area contributed by atoms with Crippen molar-refractivity contribution in [1.82, 2.24) is 0 Å². The van der Waals surface area contributed by atoms with Gasteiger partial charge in [0.2, 0.25) is 0 Å². The van der Waals surface area contributed by atoms with Crippen molar-refractivity contribution in [2.75, 3.05) is 11.4 Å². The van der Waals surface area contributed by atoms with Crippen LogP contribution in [0.15, 0.2) is 18.2 Å². The maximum atomic E-state index is 13.3. The molecular weight excluding hydrogens is 257 g/mol. The summed E-state index contributed by atoms with van der Waals surface area (Å²) in [5.41, 5.74) is 0.784. The second-order valence-electron chi connectivity index (χ2n) is 5.91. The average molecular weight is 277 g/mol. The maximum absolute atomic E-state index is 13.3. The van der Waals surface area contributed by atoms with Gasteiger partial charge in [-0.25, -0.2) is 9.18 Å². The normalized spacial score (nSPS) is 26.1. The summed E-state index contributed by atoms with van der Waals surface area (Å²) in [5, 5.41) is 9.32. The van der Waals surface area contributed by atoms with Crippen LogP contribution in [0.25, 0.3) is 0 Å². The molecular formula is C16H20FNO2. The Hall–Kier alpha value is -1.58. The number of piperidine rings is 1. The van der Waals surface area contributed by atoms with Gasteiger partial charge in [0, 0.05) is 12.6 Å². The highest BCUT2D eigenvalue weighted by molar-refractivity contribution is 5.94. The fourth-order valence-electron chi connectivity index (χ4n) is 3.85. The first-order valence-corrected chi connectivity index (χ1v) is 7.46. The molecule has 1 aliphatic carbocycles. The lowest BCUT2D eigenvalue weighted by Gasteiger charge is -2.45. The zero-order chi connectivity index (χ0) is 14.1. The van der Waals surface area contributed by atoms with Crippen molar-refractivity contribution in [2.24, 2.45) is 5.92 Å². The number of rotatable bonds is 2.